The zero-order valence-electron chi connectivity index (χ0n) is 19.3. The molecule has 2 aliphatic rings. The van der Waals surface area contributed by atoms with Crippen molar-refractivity contribution in [3.63, 3.8) is 0 Å². The van der Waals surface area contributed by atoms with E-state index in [4.69, 9.17) is 29.3 Å². The Labute approximate surface area is 206 Å². The Morgan fingerprint density at radius 3 is 2.24 bits per heavy atom. The summed E-state index contributed by atoms with van der Waals surface area (Å²) in [6, 6.07) is 4.27. The van der Waals surface area contributed by atoms with Crippen LogP contribution in [-0.4, -0.2) is 85.6 Å². The third kappa shape index (κ3) is 9.53. The Bertz CT molecular complexity index is 993. The van der Waals surface area contributed by atoms with Crippen LogP contribution < -0.4 is 4.74 Å². The molecule has 0 aliphatic carbocycles. The number of fused-ring (bicyclic) bond motifs is 1. The molecule has 2 aromatic rings. The van der Waals surface area contributed by atoms with Crippen molar-refractivity contribution < 1.29 is 55.6 Å². The molecule has 3 atom stereocenters. The number of aryl methyl sites for hydroxylation is 1. The van der Waals surface area contributed by atoms with E-state index in [9.17, 15) is 26.3 Å². The number of likely N-dealkylation sites (tertiary alicyclic amines) is 1. The van der Waals surface area contributed by atoms with Gasteiger partial charge in [-0.25, -0.2) is 9.59 Å². The molecular weight excluding hydrogens is 518 g/mol. The molecule has 0 unspecified atom stereocenters. The molecule has 10 nitrogen and oxygen atoms in total. The fourth-order valence-electron chi connectivity index (χ4n) is 3.67. The number of aromatic nitrogens is 3. The first-order valence-electron chi connectivity index (χ1n) is 10.7. The fraction of sp³-hybridized carbons (Fsp3) is 0.524. The van der Waals surface area contributed by atoms with Crippen LogP contribution in [0.5, 0.6) is 5.75 Å². The number of pyridine rings is 1. The molecule has 0 radical (unpaired) electrons. The lowest BCUT2D eigenvalue weighted by Gasteiger charge is -2.32. The monoisotopic (exact) mass is 542 g/mol. The minimum Gasteiger partial charge on any atom is -0.485 e. The van der Waals surface area contributed by atoms with Crippen LogP contribution in [0.25, 0.3) is 0 Å². The first-order chi connectivity index (χ1) is 17.2. The van der Waals surface area contributed by atoms with Gasteiger partial charge in [-0.3, -0.25) is 14.6 Å². The highest BCUT2D eigenvalue weighted by atomic mass is 19.4. The van der Waals surface area contributed by atoms with E-state index in [0.717, 1.165) is 38.3 Å². The van der Waals surface area contributed by atoms with E-state index in [2.05, 4.69) is 21.2 Å². The summed E-state index contributed by atoms with van der Waals surface area (Å²) in [7, 11) is 1.95. The number of hydrogen-bond acceptors (Lipinski definition) is 7. The number of alkyl halides is 6. The summed E-state index contributed by atoms with van der Waals surface area (Å²) in [6.45, 7) is 2.60. The fourth-order valence-corrected chi connectivity index (χ4v) is 3.67. The molecule has 4 heterocycles. The zero-order valence-corrected chi connectivity index (χ0v) is 19.3. The Morgan fingerprint density at radius 1 is 1.14 bits per heavy atom. The van der Waals surface area contributed by atoms with Crippen LogP contribution in [0.15, 0.2) is 36.9 Å². The van der Waals surface area contributed by atoms with Gasteiger partial charge in [0, 0.05) is 50.7 Å². The molecule has 0 aromatic carbocycles. The van der Waals surface area contributed by atoms with Crippen LogP contribution in [0.2, 0.25) is 0 Å². The van der Waals surface area contributed by atoms with Crippen LogP contribution in [-0.2, 0) is 27.9 Å². The number of carbonyl (C=O) groups is 2. The maximum atomic E-state index is 10.6. The molecule has 2 aliphatic heterocycles. The third-order valence-corrected chi connectivity index (χ3v) is 5.13. The molecule has 206 valence electrons. The maximum absolute atomic E-state index is 10.6. The van der Waals surface area contributed by atoms with Gasteiger partial charge < -0.3 is 19.7 Å². The molecule has 2 saturated heterocycles. The van der Waals surface area contributed by atoms with Crippen LogP contribution in [0, 0.1) is 0 Å². The molecule has 37 heavy (non-hydrogen) atoms. The van der Waals surface area contributed by atoms with Crippen molar-refractivity contribution in [3.8, 4) is 5.75 Å². The predicted octanol–water partition coefficient (Wildman–Crippen LogP) is 2.89. The summed E-state index contributed by atoms with van der Waals surface area (Å²) in [5, 5.41) is 18.5. The standard InChI is InChI=1S/C17H22N4O2.2C2HF3O2/c1-20-10-13(8-19-20)11-21-12-16(17-15(21)5-3-7-22-17)23-14-4-2-6-18-9-14;2*3-2(4,5)1(6)7/h2,4,6,8-10,15-17H,3,5,7,11-12H2,1H3;2*(H,6,7)/t15-,16-,17+;;/m1../s1. The smallest absolute Gasteiger partial charge is 0.485 e. The second-order valence-electron chi connectivity index (χ2n) is 7.95. The van der Waals surface area contributed by atoms with Gasteiger partial charge in [0.1, 0.15) is 18.0 Å². The first kappa shape index (κ1) is 29.8. The zero-order chi connectivity index (χ0) is 27.8. The summed E-state index contributed by atoms with van der Waals surface area (Å²) in [4.78, 5) is 24.4. The predicted molar refractivity (Wildman–Crippen MR) is 112 cm³/mol. The number of halogens is 6. The van der Waals surface area contributed by atoms with Crippen LogP contribution in [0.1, 0.15) is 18.4 Å². The lowest BCUT2D eigenvalue weighted by Crippen LogP contribution is -2.42. The highest BCUT2D eigenvalue weighted by molar-refractivity contribution is 5.73. The number of rotatable bonds is 4. The van der Waals surface area contributed by atoms with E-state index in [-0.39, 0.29) is 12.2 Å². The summed E-state index contributed by atoms with van der Waals surface area (Å²) >= 11 is 0. The third-order valence-electron chi connectivity index (χ3n) is 5.13. The Balaban J connectivity index is 0.000000286. The minimum atomic E-state index is -5.08. The molecule has 4 rings (SSSR count). The number of nitrogens with zero attached hydrogens (tertiary/aromatic N) is 4. The highest BCUT2D eigenvalue weighted by Gasteiger charge is 2.45. The quantitative estimate of drug-likeness (QED) is 0.561. The van der Waals surface area contributed by atoms with Gasteiger partial charge in [-0.1, -0.05) is 0 Å². The van der Waals surface area contributed by atoms with Gasteiger partial charge in [-0.05, 0) is 25.0 Å². The molecule has 0 saturated carbocycles. The molecule has 0 spiro atoms. The second-order valence-corrected chi connectivity index (χ2v) is 7.95. The van der Waals surface area contributed by atoms with Crippen molar-refractivity contribution in [1.29, 1.82) is 0 Å². The lowest BCUT2D eigenvalue weighted by molar-refractivity contribution is -0.193. The van der Waals surface area contributed by atoms with Gasteiger partial charge >= 0.3 is 24.3 Å². The maximum Gasteiger partial charge on any atom is 0.490 e. The van der Waals surface area contributed by atoms with Crippen LogP contribution in [0.3, 0.4) is 0 Å². The second kappa shape index (κ2) is 12.7. The Kier molecular flexibility index (Phi) is 10.2. The number of carboxylic acid groups (broad SMARTS) is 2. The van der Waals surface area contributed by atoms with E-state index >= 15 is 0 Å². The lowest BCUT2D eigenvalue weighted by atomic mass is 10.0. The van der Waals surface area contributed by atoms with Crippen molar-refractivity contribution in [2.45, 2.75) is 50.0 Å². The van der Waals surface area contributed by atoms with Gasteiger partial charge in [0.15, 0.2) is 0 Å². The Morgan fingerprint density at radius 2 is 1.76 bits per heavy atom. The highest BCUT2D eigenvalue weighted by Crippen LogP contribution is 2.32. The molecule has 2 fully saturated rings. The summed E-state index contributed by atoms with van der Waals surface area (Å²) in [5.41, 5.74) is 1.24. The van der Waals surface area contributed by atoms with Crippen molar-refractivity contribution in [2.75, 3.05) is 13.2 Å². The molecule has 2 N–H and O–H groups in total. The van der Waals surface area contributed by atoms with E-state index in [0.29, 0.717) is 6.04 Å². The number of hydrogen-bond donors (Lipinski definition) is 2. The summed E-state index contributed by atoms with van der Waals surface area (Å²) < 4.78 is 77.5. The van der Waals surface area contributed by atoms with Crippen molar-refractivity contribution >= 4 is 11.9 Å². The van der Waals surface area contributed by atoms with Crippen LogP contribution in [0.4, 0.5) is 26.3 Å². The molecule has 16 heteroatoms. The van der Waals surface area contributed by atoms with Gasteiger partial charge in [-0.2, -0.15) is 31.4 Å². The largest absolute Gasteiger partial charge is 0.490 e. The van der Waals surface area contributed by atoms with E-state index in [1.54, 1.807) is 12.4 Å². The van der Waals surface area contributed by atoms with Gasteiger partial charge in [0.2, 0.25) is 0 Å². The minimum absolute atomic E-state index is 0.0566. The molecule has 0 amide bonds. The average Bonchev–Trinajstić information content (AvgIpc) is 3.37. The molecule has 2 aromatic heterocycles. The van der Waals surface area contributed by atoms with Gasteiger partial charge in [0.05, 0.1) is 12.4 Å². The Hall–Kier alpha value is -3.40. The topological polar surface area (TPSA) is 127 Å². The van der Waals surface area contributed by atoms with E-state index in [1.807, 2.05) is 30.1 Å². The summed E-state index contributed by atoms with van der Waals surface area (Å²) in [6.07, 6.45) is -0.149. The molecule has 0 bridgehead atoms. The SMILES string of the molecule is Cn1cc(CN2C[C@@H](Oc3cccnc3)[C@H]3OCCC[C@H]32)cn1.O=C(O)C(F)(F)F.O=C(O)C(F)(F)F. The van der Waals surface area contributed by atoms with Crippen LogP contribution >= 0.6 is 0 Å². The van der Waals surface area contributed by atoms with Crippen molar-refractivity contribution in [2.24, 2.45) is 7.05 Å². The average molecular weight is 542 g/mol. The van der Waals surface area contributed by atoms with Crippen molar-refractivity contribution in [1.82, 2.24) is 19.7 Å². The number of ether oxygens (including phenoxy) is 2. The normalized spacial score (nSPS) is 21.5. The number of carboxylic acids is 2. The van der Waals surface area contributed by atoms with Gasteiger partial charge in [-0.15, -0.1) is 0 Å². The number of aliphatic carboxylic acids is 2. The van der Waals surface area contributed by atoms with E-state index < -0.39 is 24.3 Å². The van der Waals surface area contributed by atoms with Gasteiger partial charge in [0.25, 0.3) is 0 Å². The van der Waals surface area contributed by atoms with E-state index in [1.165, 1.54) is 5.56 Å². The summed E-state index contributed by atoms with van der Waals surface area (Å²) in [5.74, 6) is -4.70. The van der Waals surface area contributed by atoms with Crippen molar-refractivity contribution in [3.05, 3.63) is 42.5 Å². The first-order valence-corrected chi connectivity index (χ1v) is 10.7. The molecular formula is C21H24F6N4O6.